The molecule has 0 radical (unpaired) electrons. The summed E-state index contributed by atoms with van der Waals surface area (Å²) in [6.07, 6.45) is 8.86. The van der Waals surface area contributed by atoms with Gasteiger partial charge in [0.25, 0.3) is 0 Å². The predicted octanol–water partition coefficient (Wildman–Crippen LogP) is 2.74. The first-order valence-corrected chi connectivity index (χ1v) is 8.49. The zero-order valence-electron chi connectivity index (χ0n) is 13.6. The second kappa shape index (κ2) is 9.82. The van der Waals surface area contributed by atoms with E-state index in [1.54, 1.807) is 0 Å². The summed E-state index contributed by atoms with van der Waals surface area (Å²) in [4.78, 5) is 23.5. The fourth-order valence-electron chi connectivity index (χ4n) is 2.74. The Balaban J connectivity index is 1.54. The molecule has 0 aliphatic heterocycles. The lowest BCUT2D eigenvalue weighted by Gasteiger charge is -2.13. The van der Waals surface area contributed by atoms with Crippen molar-refractivity contribution in [1.29, 1.82) is 0 Å². The van der Waals surface area contributed by atoms with Gasteiger partial charge in [0, 0.05) is 19.5 Å². The van der Waals surface area contributed by atoms with E-state index in [0.717, 1.165) is 12.0 Å². The molecular formula is C19H26N2O2. The highest BCUT2D eigenvalue weighted by molar-refractivity contribution is 5.80. The molecule has 0 saturated heterocycles. The number of carbonyl (C=O) groups excluding carboxylic acids is 2. The third kappa shape index (κ3) is 7.13. The molecule has 23 heavy (non-hydrogen) atoms. The largest absolute Gasteiger partial charge is 0.356 e. The molecule has 1 aliphatic carbocycles. The van der Waals surface area contributed by atoms with Gasteiger partial charge in [0.15, 0.2) is 0 Å². The van der Waals surface area contributed by atoms with Crippen LogP contribution in [0.4, 0.5) is 0 Å². The average Bonchev–Trinajstić information content (AvgIpc) is 2.57. The minimum atomic E-state index is -0.0450. The maximum absolute atomic E-state index is 11.8. The number of allylic oxidation sites excluding steroid dienone is 1. The first-order valence-electron chi connectivity index (χ1n) is 8.49. The van der Waals surface area contributed by atoms with Crippen molar-refractivity contribution in [3.8, 4) is 0 Å². The van der Waals surface area contributed by atoms with E-state index in [4.69, 9.17) is 0 Å². The molecule has 0 aromatic heterocycles. The Morgan fingerprint density at radius 3 is 2.48 bits per heavy atom. The van der Waals surface area contributed by atoms with Gasteiger partial charge in [0.1, 0.15) is 0 Å². The highest BCUT2D eigenvalue weighted by atomic mass is 16.2. The summed E-state index contributed by atoms with van der Waals surface area (Å²) in [6, 6.07) is 9.60. The number of benzene rings is 1. The zero-order chi connectivity index (χ0) is 16.3. The lowest BCUT2D eigenvalue weighted by atomic mass is 9.97. The van der Waals surface area contributed by atoms with Crippen molar-refractivity contribution in [1.82, 2.24) is 10.6 Å². The van der Waals surface area contributed by atoms with E-state index >= 15 is 0 Å². The summed E-state index contributed by atoms with van der Waals surface area (Å²) in [5, 5.41) is 5.71. The molecular weight excluding hydrogens is 288 g/mol. The van der Waals surface area contributed by atoms with Gasteiger partial charge in [-0.25, -0.2) is 0 Å². The van der Waals surface area contributed by atoms with Gasteiger partial charge in [-0.1, -0.05) is 42.0 Å². The van der Waals surface area contributed by atoms with Crippen LogP contribution in [0.1, 0.15) is 44.1 Å². The van der Waals surface area contributed by atoms with Crippen molar-refractivity contribution in [3.05, 3.63) is 47.5 Å². The SMILES string of the molecule is O=C(CCNC(=O)Cc1ccccc1)NCCC1=CCCCC1. The molecule has 0 unspecified atom stereocenters. The van der Waals surface area contributed by atoms with Crippen LogP contribution in [0.3, 0.4) is 0 Å². The summed E-state index contributed by atoms with van der Waals surface area (Å²) in [6.45, 7) is 1.09. The van der Waals surface area contributed by atoms with Crippen LogP contribution in [0.25, 0.3) is 0 Å². The van der Waals surface area contributed by atoms with E-state index in [0.29, 0.717) is 25.9 Å². The van der Waals surface area contributed by atoms with E-state index in [-0.39, 0.29) is 11.8 Å². The van der Waals surface area contributed by atoms with E-state index in [1.165, 1.54) is 31.3 Å². The molecule has 0 fully saturated rings. The van der Waals surface area contributed by atoms with Gasteiger partial charge in [-0.15, -0.1) is 0 Å². The molecule has 4 heteroatoms. The average molecular weight is 314 g/mol. The fraction of sp³-hybridized carbons (Fsp3) is 0.474. The predicted molar refractivity (Wildman–Crippen MR) is 92.0 cm³/mol. The molecule has 0 spiro atoms. The molecule has 0 saturated carbocycles. The van der Waals surface area contributed by atoms with E-state index in [9.17, 15) is 9.59 Å². The molecule has 124 valence electrons. The Hall–Kier alpha value is -2.10. The number of carbonyl (C=O) groups is 2. The summed E-state index contributed by atoms with van der Waals surface area (Å²) in [5.74, 6) is -0.0437. The quantitative estimate of drug-likeness (QED) is 0.725. The third-order valence-corrected chi connectivity index (χ3v) is 4.04. The van der Waals surface area contributed by atoms with E-state index in [2.05, 4.69) is 16.7 Å². The van der Waals surface area contributed by atoms with Gasteiger partial charge in [-0.2, -0.15) is 0 Å². The van der Waals surface area contributed by atoms with Crippen molar-refractivity contribution in [2.24, 2.45) is 0 Å². The summed E-state index contributed by atoms with van der Waals surface area (Å²) in [5.41, 5.74) is 2.45. The zero-order valence-corrected chi connectivity index (χ0v) is 13.6. The second-order valence-corrected chi connectivity index (χ2v) is 5.97. The number of rotatable bonds is 8. The van der Waals surface area contributed by atoms with Crippen LogP contribution in [-0.2, 0) is 16.0 Å². The van der Waals surface area contributed by atoms with Crippen molar-refractivity contribution < 1.29 is 9.59 Å². The Kier molecular flexibility index (Phi) is 7.37. The van der Waals surface area contributed by atoms with Crippen LogP contribution in [0, 0.1) is 0 Å². The molecule has 1 aromatic rings. The standard InChI is InChI=1S/C19H26N2O2/c22-18(20-13-11-16-7-3-1-4-8-16)12-14-21-19(23)15-17-9-5-2-6-10-17/h2,5-7,9-10H,1,3-4,8,11-15H2,(H,20,22)(H,21,23). The number of hydrogen-bond donors (Lipinski definition) is 2. The molecule has 2 N–H and O–H groups in total. The Bertz CT molecular complexity index is 538. The van der Waals surface area contributed by atoms with Crippen LogP contribution in [-0.4, -0.2) is 24.9 Å². The summed E-state index contributed by atoms with van der Waals surface area (Å²) in [7, 11) is 0. The molecule has 1 aromatic carbocycles. The Morgan fingerprint density at radius 2 is 1.74 bits per heavy atom. The van der Waals surface area contributed by atoms with Gasteiger partial charge in [0.2, 0.25) is 11.8 Å². The monoisotopic (exact) mass is 314 g/mol. The molecule has 0 heterocycles. The molecule has 1 aliphatic rings. The highest BCUT2D eigenvalue weighted by Gasteiger charge is 2.06. The number of hydrogen-bond acceptors (Lipinski definition) is 2. The second-order valence-electron chi connectivity index (χ2n) is 5.97. The Labute approximate surface area is 138 Å². The lowest BCUT2D eigenvalue weighted by Crippen LogP contribution is -2.32. The van der Waals surface area contributed by atoms with Crippen LogP contribution in [0.15, 0.2) is 42.0 Å². The molecule has 2 rings (SSSR count). The van der Waals surface area contributed by atoms with Crippen LogP contribution in [0.2, 0.25) is 0 Å². The minimum Gasteiger partial charge on any atom is -0.356 e. The van der Waals surface area contributed by atoms with Gasteiger partial charge < -0.3 is 10.6 Å². The molecule has 2 amide bonds. The lowest BCUT2D eigenvalue weighted by molar-refractivity contribution is -0.122. The molecule has 4 nitrogen and oxygen atoms in total. The van der Waals surface area contributed by atoms with Gasteiger partial charge in [-0.05, 0) is 37.7 Å². The van der Waals surface area contributed by atoms with Crippen LogP contribution >= 0.6 is 0 Å². The summed E-state index contributed by atoms with van der Waals surface area (Å²) < 4.78 is 0. The summed E-state index contributed by atoms with van der Waals surface area (Å²) >= 11 is 0. The van der Waals surface area contributed by atoms with Crippen molar-refractivity contribution in [2.45, 2.75) is 44.9 Å². The normalized spacial score (nSPS) is 14.0. The number of nitrogens with one attached hydrogen (secondary N) is 2. The van der Waals surface area contributed by atoms with Crippen LogP contribution in [0.5, 0.6) is 0 Å². The fourth-order valence-corrected chi connectivity index (χ4v) is 2.74. The number of amides is 2. The minimum absolute atomic E-state index is 0.00132. The Morgan fingerprint density at radius 1 is 0.957 bits per heavy atom. The maximum atomic E-state index is 11.8. The first-order chi connectivity index (χ1) is 11.2. The topological polar surface area (TPSA) is 58.2 Å². The van der Waals surface area contributed by atoms with Crippen LogP contribution < -0.4 is 10.6 Å². The van der Waals surface area contributed by atoms with Gasteiger partial charge >= 0.3 is 0 Å². The van der Waals surface area contributed by atoms with Crippen molar-refractivity contribution >= 4 is 11.8 Å². The van der Waals surface area contributed by atoms with Gasteiger partial charge in [-0.3, -0.25) is 9.59 Å². The third-order valence-electron chi connectivity index (χ3n) is 4.04. The van der Waals surface area contributed by atoms with Crippen molar-refractivity contribution in [3.63, 3.8) is 0 Å². The van der Waals surface area contributed by atoms with E-state index in [1.807, 2.05) is 30.3 Å². The molecule has 0 bridgehead atoms. The highest BCUT2D eigenvalue weighted by Crippen LogP contribution is 2.19. The maximum Gasteiger partial charge on any atom is 0.224 e. The van der Waals surface area contributed by atoms with Gasteiger partial charge in [0.05, 0.1) is 6.42 Å². The molecule has 0 atom stereocenters. The first kappa shape index (κ1) is 17.3. The van der Waals surface area contributed by atoms with E-state index < -0.39 is 0 Å². The smallest absolute Gasteiger partial charge is 0.224 e. The van der Waals surface area contributed by atoms with Crippen molar-refractivity contribution in [2.75, 3.05) is 13.1 Å².